The number of ether oxygens (including phenoxy) is 1. The molecule has 0 radical (unpaired) electrons. The minimum atomic E-state index is 0.0308. The molecule has 1 fully saturated rings. The van der Waals surface area contributed by atoms with Gasteiger partial charge >= 0.3 is 0 Å². The molecule has 0 aliphatic heterocycles. The maximum Gasteiger partial charge on any atom is 0.246 e. The second-order valence-corrected chi connectivity index (χ2v) is 4.71. The molecule has 0 saturated heterocycles. The molecular formula is C12H23NO2. The van der Waals surface area contributed by atoms with Gasteiger partial charge in [-0.15, -0.1) is 0 Å². The van der Waals surface area contributed by atoms with Gasteiger partial charge in [-0.2, -0.15) is 0 Å². The molecule has 1 aliphatic carbocycles. The summed E-state index contributed by atoms with van der Waals surface area (Å²) in [7, 11) is 0. The highest BCUT2D eigenvalue weighted by Gasteiger charge is 2.26. The Labute approximate surface area is 92.6 Å². The van der Waals surface area contributed by atoms with E-state index < -0.39 is 0 Å². The van der Waals surface area contributed by atoms with Crippen LogP contribution in [0.15, 0.2) is 0 Å². The van der Waals surface area contributed by atoms with Crippen LogP contribution in [0.25, 0.3) is 0 Å². The van der Waals surface area contributed by atoms with Crippen LogP contribution in [0.3, 0.4) is 0 Å². The number of hydrogen-bond donors (Lipinski definition) is 1. The van der Waals surface area contributed by atoms with Gasteiger partial charge in [-0.1, -0.05) is 13.8 Å². The number of rotatable bonds is 4. The van der Waals surface area contributed by atoms with E-state index in [4.69, 9.17) is 4.74 Å². The van der Waals surface area contributed by atoms with Crippen LogP contribution in [0.2, 0.25) is 0 Å². The average Bonchev–Trinajstić information content (AvgIpc) is 2.19. The monoisotopic (exact) mass is 213 g/mol. The molecule has 0 aromatic rings. The van der Waals surface area contributed by atoms with E-state index in [9.17, 15) is 4.79 Å². The fraction of sp³-hybridized carbons (Fsp3) is 0.917. The molecule has 1 rings (SSSR count). The number of hydrogen-bond acceptors (Lipinski definition) is 2. The molecule has 1 N–H and O–H groups in total. The lowest BCUT2D eigenvalue weighted by Gasteiger charge is -2.33. The highest BCUT2D eigenvalue weighted by atomic mass is 16.5. The van der Waals surface area contributed by atoms with E-state index in [0.29, 0.717) is 18.6 Å². The molecule has 1 saturated carbocycles. The van der Waals surface area contributed by atoms with Crippen LogP contribution in [-0.2, 0) is 9.53 Å². The predicted molar refractivity (Wildman–Crippen MR) is 60.6 cm³/mol. The first-order chi connectivity index (χ1) is 7.13. The van der Waals surface area contributed by atoms with Crippen LogP contribution in [0.4, 0.5) is 0 Å². The van der Waals surface area contributed by atoms with Crippen LogP contribution < -0.4 is 5.32 Å². The van der Waals surface area contributed by atoms with Crippen LogP contribution in [0.1, 0.15) is 40.0 Å². The fourth-order valence-electron chi connectivity index (χ4n) is 2.32. The lowest BCUT2D eigenvalue weighted by molar-refractivity contribution is -0.126. The van der Waals surface area contributed by atoms with Crippen molar-refractivity contribution in [3.8, 4) is 0 Å². The van der Waals surface area contributed by atoms with Gasteiger partial charge in [0.2, 0.25) is 5.91 Å². The molecule has 0 aromatic carbocycles. The smallest absolute Gasteiger partial charge is 0.246 e. The number of carbonyl (C=O) groups is 1. The van der Waals surface area contributed by atoms with Crippen LogP contribution in [0, 0.1) is 11.8 Å². The summed E-state index contributed by atoms with van der Waals surface area (Å²) in [5, 5.41) is 3.06. The fourth-order valence-corrected chi connectivity index (χ4v) is 2.32. The van der Waals surface area contributed by atoms with Gasteiger partial charge in [-0.05, 0) is 38.0 Å². The number of amides is 1. The Kier molecular flexibility index (Phi) is 5.09. The van der Waals surface area contributed by atoms with Crippen molar-refractivity contribution in [1.82, 2.24) is 5.32 Å². The first-order valence-electron chi connectivity index (χ1n) is 6.00. The second kappa shape index (κ2) is 6.11. The van der Waals surface area contributed by atoms with E-state index >= 15 is 0 Å². The Bertz CT molecular complexity index is 206. The summed E-state index contributed by atoms with van der Waals surface area (Å²) in [6.07, 6.45) is 3.56. The van der Waals surface area contributed by atoms with Gasteiger partial charge in [0.1, 0.15) is 6.61 Å². The third kappa shape index (κ3) is 4.20. The van der Waals surface area contributed by atoms with E-state index in [1.54, 1.807) is 0 Å². The summed E-state index contributed by atoms with van der Waals surface area (Å²) in [6, 6.07) is 0.356. The Balaban J connectivity index is 2.28. The highest BCUT2D eigenvalue weighted by molar-refractivity contribution is 5.77. The number of carbonyl (C=O) groups excluding carboxylic acids is 1. The SMILES string of the molecule is CCOCC(=O)NC1CCC(C)CC1C. The topological polar surface area (TPSA) is 38.3 Å². The van der Waals surface area contributed by atoms with Crippen molar-refractivity contribution in [2.75, 3.05) is 13.2 Å². The molecule has 1 aliphatic rings. The summed E-state index contributed by atoms with van der Waals surface area (Å²) < 4.78 is 5.08. The average molecular weight is 213 g/mol. The van der Waals surface area contributed by atoms with Gasteiger partial charge in [0.05, 0.1) is 0 Å². The van der Waals surface area contributed by atoms with Crippen LogP contribution in [0.5, 0.6) is 0 Å². The normalized spacial score (nSPS) is 31.3. The lowest BCUT2D eigenvalue weighted by Crippen LogP contribution is -2.43. The van der Waals surface area contributed by atoms with Crippen molar-refractivity contribution in [3.05, 3.63) is 0 Å². The van der Waals surface area contributed by atoms with Gasteiger partial charge in [0.15, 0.2) is 0 Å². The molecule has 3 atom stereocenters. The van der Waals surface area contributed by atoms with E-state index in [1.165, 1.54) is 12.8 Å². The second-order valence-electron chi connectivity index (χ2n) is 4.71. The van der Waals surface area contributed by atoms with Gasteiger partial charge in [0, 0.05) is 12.6 Å². The minimum Gasteiger partial charge on any atom is -0.372 e. The van der Waals surface area contributed by atoms with Crippen molar-refractivity contribution in [2.24, 2.45) is 11.8 Å². The molecule has 0 aromatic heterocycles. The summed E-state index contributed by atoms with van der Waals surface area (Å²) in [5.74, 6) is 1.43. The maximum atomic E-state index is 11.5. The van der Waals surface area contributed by atoms with Crippen molar-refractivity contribution in [2.45, 2.75) is 46.1 Å². The highest BCUT2D eigenvalue weighted by Crippen LogP contribution is 2.28. The molecule has 15 heavy (non-hydrogen) atoms. The Morgan fingerprint density at radius 2 is 2.13 bits per heavy atom. The van der Waals surface area contributed by atoms with E-state index in [-0.39, 0.29) is 12.5 Å². The van der Waals surface area contributed by atoms with Crippen LogP contribution in [-0.4, -0.2) is 25.2 Å². The van der Waals surface area contributed by atoms with E-state index in [1.807, 2.05) is 6.92 Å². The van der Waals surface area contributed by atoms with E-state index in [2.05, 4.69) is 19.2 Å². The standard InChI is InChI=1S/C12H23NO2/c1-4-15-8-12(14)13-11-6-5-9(2)7-10(11)3/h9-11H,4-8H2,1-3H3,(H,13,14). The first kappa shape index (κ1) is 12.5. The summed E-state index contributed by atoms with van der Waals surface area (Å²) in [6.45, 7) is 7.22. The zero-order valence-electron chi connectivity index (χ0n) is 10.1. The molecule has 1 amide bonds. The molecule has 0 spiro atoms. The summed E-state index contributed by atoms with van der Waals surface area (Å²) >= 11 is 0. The molecule has 3 nitrogen and oxygen atoms in total. The Morgan fingerprint density at radius 3 is 2.73 bits per heavy atom. The first-order valence-corrected chi connectivity index (χ1v) is 6.00. The molecule has 3 heteroatoms. The Hall–Kier alpha value is -0.570. The van der Waals surface area contributed by atoms with Crippen LogP contribution >= 0.6 is 0 Å². The number of nitrogens with one attached hydrogen (secondary N) is 1. The van der Waals surface area contributed by atoms with Crippen molar-refractivity contribution >= 4 is 5.91 Å². The lowest BCUT2D eigenvalue weighted by atomic mass is 9.80. The largest absolute Gasteiger partial charge is 0.372 e. The van der Waals surface area contributed by atoms with Crippen molar-refractivity contribution < 1.29 is 9.53 Å². The third-order valence-electron chi connectivity index (χ3n) is 3.22. The molecule has 0 bridgehead atoms. The maximum absolute atomic E-state index is 11.5. The minimum absolute atomic E-state index is 0.0308. The summed E-state index contributed by atoms with van der Waals surface area (Å²) in [5.41, 5.74) is 0. The Morgan fingerprint density at radius 1 is 1.40 bits per heavy atom. The molecular weight excluding hydrogens is 190 g/mol. The van der Waals surface area contributed by atoms with Crippen molar-refractivity contribution in [1.29, 1.82) is 0 Å². The van der Waals surface area contributed by atoms with Gasteiger partial charge in [0.25, 0.3) is 0 Å². The third-order valence-corrected chi connectivity index (χ3v) is 3.22. The van der Waals surface area contributed by atoms with Gasteiger partial charge in [-0.3, -0.25) is 4.79 Å². The van der Waals surface area contributed by atoms with E-state index in [0.717, 1.165) is 12.3 Å². The van der Waals surface area contributed by atoms with Crippen molar-refractivity contribution in [3.63, 3.8) is 0 Å². The molecule has 0 heterocycles. The quantitative estimate of drug-likeness (QED) is 0.775. The van der Waals surface area contributed by atoms with Gasteiger partial charge in [-0.25, -0.2) is 0 Å². The zero-order chi connectivity index (χ0) is 11.3. The molecule has 3 unspecified atom stereocenters. The zero-order valence-corrected chi connectivity index (χ0v) is 10.1. The predicted octanol–water partition coefficient (Wildman–Crippen LogP) is 1.96. The van der Waals surface area contributed by atoms with Gasteiger partial charge < -0.3 is 10.1 Å². The molecule has 88 valence electrons. The summed E-state index contributed by atoms with van der Waals surface area (Å²) in [4.78, 5) is 11.5.